The number of carboxylic acid groups (broad SMARTS) is 1. The average Bonchev–Trinajstić information content (AvgIpc) is 3.39. The fraction of sp³-hybridized carbons (Fsp3) is 0.927. The van der Waals surface area contributed by atoms with Gasteiger partial charge in [0.05, 0.1) is 31.3 Å². The van der Waals surface area contributed by atoms with E-state index >= 15 is 0 Å². The van der Waals surface area contributed by atoms with Crippen LogP contribution in [0.4, 0.5) is 0 Å². The van der Waals surface area contributed by atoms with Gasteiger partial charge in [0.1, 0.15) is 42.7 Å². The van der Waals surface area contributed by atoms with Crippen molar-refractivity contribution < 1.29 is 64.6 Å². The Kier molecular flexibility index (Phi) is 10.6. The zero-order valence-electron chi connectivity index (χ0n) is 32.9. The van der Waals surface area contributed by atoms with Crippen LogP contribution in [0.25, 0.3) is 0 Å². The number of ether oxygens (including phenoxy) is 4. The van der Waals surface area contributed by atoms with E-state index in [1.807, 2.05) is 0 Å². The van der Waals surface area contributed by atoms with Gasteiger partial charge in [-0.15, -0.1) is 0 Å². The van der Waals surface area contributed by atoms with Crippen LogP contribution in [0.5, 0.6) is 0 Å². The Morgan fingerprint density at radius 1 is 0.778 bits per heavy atom. The Bertz CT molecular complexity index is 1450. The van der Waals surface area contributed by atoms with Gasteiger partial charge in [0.15, 0.2) is 12.6 Å². The van der Waals surface area contributed by atoms with Crippen LogP contribution in [0.15, 0.2) is 11.6 Å². The minimum atomic E-state index is -1.62. The van der Waals surface area contributed by atoms with Gasteiger partial charge in [-0.1, -0.05) is 53.2 Å². The molecule has 6 fully saturated rings. The maximum Gasteiger partial charge on any atom is 0.310 e. The number of hydrogen-bond donors (Lipinski definition) is 8. The molecule has 7 aliphatic rings. The van der Waals surface area contributed by atoms with E-state index in [1.54, 1.807) is 0 Å². The summed E-state index contributed by atoms with van der Waals surface area (Å²) in [5.74, 6) is -0.193. The Morgan fingerprint density at radius 2 is 1.43 bits per heavy atom. The van der Waals surface area contributed by atoms with Gasteiger partial charge in [-0.3, -0.25) is 4.79 Å². The van der Waals surface area contributed by atoms with Crippen LogP contribution in [0.1, 0.15) is 106 Å². The highest BCUT2D eigenvalue weighted by Crippen LogP contribution is 2.76. The Labute approximate surface area is 319 Å². The summed E-state index contributed by atoms with van der Waals surface area (Å²) in [6.07, 6.45) is -2.27. The second-order valence-electron chi connectivity index (χ2n) is 20.1. The predicted molar refractivity (Wildman–Crippen MR) is 193 cm³/mol. The molecule has 0 aromatic rings. The molecule has 13 nitrogen and oxygen atoms in total. The summed E-state index contributed by atoms with van der Waals surface area (Å²) in [6, 6.07) is 0. The SMILES string of the molecule is CC1(C)CC[C@]2(C(=O)O)CC[C@]3(C)C(=CC[C@@H]4[C@@]5(C)CC[C@H](O[C@H]6O[C@@H](CO[C@@H]7O[C@H](CO)[C@@H](O)[C@H](O)[C@H]7O)[C@H](O)[C@H]6O)[C@@](C)(CO)[C@@H]5CC[C@]43C)[C@@H]2C1. The van der Waals surface area contributed by atoms with Gasteiger partial charge in [-0.25, -0.2) is 0 Å². The third kappa shape index (κ3) is 5.92. The molecule has 0 unspecified atom stereocenters. The first kappa shape index (κ1) is 40.9. The Hall–Kier alpha value is -1.23. The number of aliphatic carboxylic acids is 1. The zero-order valence-corrected chi connectivity index (χ0v) is 32.9. The molecule has 0 bridgehead atoms. The van der Waals surface area contributed by atoms with Crippen LogP contribution in [0, 0.1) is 50.2 Å². The average molecular weight is 767 g/mol. The Balaban J connectivity index is 1.08. The fourth-order valence-electron chi connectivity index (χ4n) is 13.4. The summed E-state index contributed by atoms with van der Waals surface area (Å²) in [4.78, 5) is 13.0. The number of carbonyl (C=O) groups is 1. The molecule has 0 radical (unpaired) electrons. The standard InChI is InChI=1S/C41H66O13/c1-36(2)13-15-41(35(49)50)16-14-39(5)21(22(41)17-36)7-8-26-37(3)11-10-27(38(4,20-43)25(37)9-12-40(26,39)6)54-34-31(47)29(45)24(53-34)19-51-33-32(48)30(46)28(44)23(18-42)52-33/h7,22-34,42-48H,8-20H2,1-6H3,(H,49,50)/t22-,23+,24-,25+,26+,27-,28+,29-,30-,31+,32+,33+,34+,37-,38-,39+,40+,41-/m0/s1. The largest absolute Gasteiger partial charge is 0.481 e. The molecule has 0 spiro atoms. The van der Waals surface area contributed by atoms with Crippen LogP contribution < -0.4 is 0 Å². The molecule has 54 heavy (non-hydrogen) atoms. The number of allylic oxidation sites excluding steroid dienone is 2. The lowest BCUT2D eigenvalue weighted by atomic mass is 9.33. The van der Waals surface area contributed by atoms with E-state index in [4.69, 9.17) is 18.9 Å². The molecule has 18 atom stereocenters. The maximum absolute atomic E-state index is 13.0. The van der Waals surface area contributed by atoms with Crippen molar-refractivity contribution >= 4 is 5.97 Å². The number of aliphatic hydroxyl groups excluding tert-OH is 7. The predicted octanol–water partition coefficient (Wildman–Crippen LogP) is 2.49. The summed E-state index contributed by atoms with van der Waals surface area (Å²) >= 11 is 0. The fourth-order valence-corrected chi connectivity index (χ4v) is 13.4. The van der Waals surface area contributed by atoms with Crippen LogP contribution in [-0.4, -0.2) is 128 Å². The number of carboxylic acids is 1. The smallest absolute Gasteiger partial charge is 0.310 e. The normalized spacial score (nSPS) is 54.1. The van der Waals surface area contributed by atoms with E-state index in [0.29, 0.717) is 18.8 Å². The van der Waals surface area contributed by atoms with E-state index in [0.717, 1.165) is 51.4 Å². The zero-order chi connectivity index (χ0) is 39.4. The second kappa shape index (κ2) is 14.0. The molecule has 7 rings (SSSR count). The minimum Gasteiger partial charge on any atom is -0.481 e. The van der Waals surface area contributed by atoms with Gasteiger partial charge in [0.25, 0.3) is 0 Å². The van der Waals surface area contributed by atoms with E-state index in [2.05, 4.69) is 47.6 Å². The van der Waals surface area contributed by atoms with Gasteiger partial charge < -0.3 is 59.8 Å². The lowest BCUT2D eigenvalue weighted by Gasteiger charge is -2.71. The lowest BCUT2D eigenvalue weighted by Crippen LogP contribution is -2.66. The van der Waals surface area contributed by atoms with Crippen LogP contribution in [0.2, 0.25) is 0 Å². The van der Waals surface area contributed by atoms with Crippen LogP contribution >= 0.6 is 0 Å². The van der Waals surface area contributed by atoms with Crippen molar-refractivity contribution in [2.75, 3.05) is 19.8 Å². The third-order valence-corrected chi connectivity index (χ3v) is 17.0. The molecule has 5 aliphatic carbocycles. The van der Waals surface area contributed by atoms with E-state index < -0.39 is 84.8 Å². The molecule has 0 aromatic carbocycles. The van der Waals surface area contributed by atoms with Crippen molar-refractivity contribution in [1.82, 2.24) is 0 Å². The number of rotatable bonds is 8. The minimum absolute atomic E-state index is 0.0345. The van der Waals surface area contributed by atoms with Gasteiger partial charge in [-0.05, 0) is 104 Å². The molecule has 0 aromatic heterocycles. The molecule has 2 heterocycles. The van der Waals surface area contributed by atoms with Gasteiger partial charge in [0, 0.05) is 5.41 Å². The first-order chi connectivity index (χ1) is 25.2. The second-order valence-corrected chi connectivity index (χ2v) is 20.1. The topological polar surface area (TPSA) is 216 Å². The van der Waals surface area contributed by atoms with Crippen LogP contribution in [0.3, 0.4) is 0 Å². The number of hydrogen-bond acceptors (Lipinski definition) is 12. The summed E-state index contributed by atoms with van der Waals surface area (Å²) in [7, 11) is 0. The molecule has 13 heteroatoms. The van der Waals surface area contributed by atoms with Crippen molar-refractivity contribution in [3.05, 3.63) is 11.6 Å². The Morgan fingerprint density at radius 3 is 2.09 bits per heavy atom. The van der Waals surface area contributed by atoms with Gasteiger partial charge in [-0.2, -0.15) is 0 Å². The summed E-state index contributed by atoms with van der Waals surface area (Å²) in [6.45, 7) is 12.8. The molecule has 4 saturated carbocycles. The molecule has 2 aliphatic heterocycles. The maximum atomic E-state index is 13.0. The van der Waals surface area contributed by atoms with Crippen molar-refractivity contribution in [3.63, 3.8) is 0 Å². The first-order valence-electron chi connectivity index (χ1n) is 20.4. The van der Waals surface area contributed by atoms with Gasteiger partial charge in [0.2, 0.25) is 0 Å². The summed E-state index contributed by atoms with van der Waals surface area (Å²) < 4.78 is 23.5. The van der Waals surface area contributed by atoms with Crippen molar-refractivity contribution in [3.8, 4) is 0 Å². The summed E-state index contributed by atoms with van der Waals surface area (Å²) in [5.41, 5.74) is -0.231. The van der Waals surface area contributed by atoms with Crippen molar-refractivity contribution in [1.29, 1.82) is 0 Å². The number of aliphatic hydroxyl groups is 7. The highest BCUT2D eigenvalue weighted by molar-refractivity contribution is 5.76. The first-order valence-corrected chi connectivity index (χ1v) is 20.4. The van der Waals surface area contributed by atoms with Crippen LogP contribution in [-0.2, 0) is 23.7 Å². The van der Waals surface area contributed by atoms with Gasteiger partial charge >= 0.3 is 5.97 Å². The quantitative estimate of drug-likeness (QED) is 0.167. The van der Waals surface area contributed by atoms with Crippen molar-refractivity contribution in [2.24, 2.45) is 50.2 Å². The molecular weight excluding hydrogens is 700 g/mol. The van der Waals surface area contributed by atoms with E-state index in [1.165, 1.54) is 5.57 Å². The molecular formula is C41H66O13. The molecule has 2 saturated heterocycles. The van der Waals surface area contributed by atoms with E-state index in [9.17, 15) is 45.6 Å². The molecule has 308 valence electrons. The van der Waals surface area contributed by atoms with Crippen molar-refractivity contribution in [2.45, 2.75) is 167 Å². The molecule has 0 amide bonds. The monoisotopic (exact) mass is 766 g/mol. The summed E-state index contributed by atoms with van der Waals surface area (Å²) in [5, 5.41) is 84.0. The highest BCUT2D eigenvalue weighted by atomic mass is 16.7. The lowest BCUT2D eigenvalue weighted by molar-refractivity contribution is -0.309. The highest BCUT2D eigenvalue weighted by Gasteiger charge is 2.70. The third-order valence-electron chi connectivity index (χ3n) is 17.0. The number of fused-ring (bicyclic) bond motifs is 7. The molecule has 8 N–H and O–H groups in total. The van der Waals surface area contributed by atoms with E-state index in [-0.39, 0.29) is 46.7 Å².